The van der Waals surface area contributed by atoms with E-state index in [1.165, 1.54) is 5.57 Å². The lowest BCUT2D eigenvalue weighted by Crippen LogP contribution is -2.12. The van der Waals surface area contributed by atoms with Gasteiger partial charge in [-0.3, -0.25) is 0 Å². The van der Waals surface area contributed by atoms with Crippen LogP contribution in [0.1, 0.15) is 63.6 Å². The van der Waals surface area contributed by atoms with Crippen molar-refractivity contribution in [2.24, 2.45) is 0 Å². The van der Waals surface area contributed by atoms with Gasteiger partial charge in [-0.25, -0.2) is 0 Å². The molecular formula is C21H32O3. The zero-order valence-electron chi connectivity index (χ0n) is 15.5. The predicted molar refractivity (Wildman–Crippen MR) is 101 cm³/mol. The van der Waals surface area contributed by atoms with Gasteiger partial charge in [0.1, 0.15) is 11.5 Å². The molecule has 0 unspecified atom stereocenters. The minimum absolute atomic E-state index is 0.0558. The average molecular weight is 332 g/mol. The smallest absolute Gasteiger partial charge is 0.126 e. The molecule has 0 fully saturated rings. The zero-order chi connectivity index (χ0) is 18.3. The molecule has 0 saturated heterocycles. The molecule has 1 aromatic rings. The van der Waals surface area contributed by atoms with Gasteiger partial charge in [0, 0.05) is 17.5 Å². The van der Waals surface area contributed by atoms with E-state index in [4.69, 9.17) is 0 Å². The van der Waals surface area contributed by atoms with Gasteiger partial charge in [0.05, 0.1) is 6.10 Å². The number of allylic oxidation sites excluding steroid dienone is 2. The van der Waals surface area contributed by atoms with Crippen molar-refractivity contribution in [3.05, 3.63) is 46.6 Å². The van der Waals surface area contributed by atoms with Gasteiger partial charge in [-0.15, -0.1) is 0 Å². The summed E-state index contributed by atoms with van der Waals surface area (Å²) in [6.45, 7) is 11.7. The van der Waals surface area contributed by atoms with Crippen molar-refractivity contribution in [2.45, 2.75) is 72.3 Å². The van der Waals surface area contributed by atoms with Gasteiger partial charge >= 0.3 is 0 Å². The molecule has 3 N–H and O–H groups in total. The first-order valence-corrected chi connectivity index (χ1v) is 8.80. The van der Waals surface area contributed by atoms with E-state index in [0.717, 1.165) is 36.8 Å². The number of aryl methyl sites for hydroxylation is 1. The van der Waals surface area contributed by atoms with Crippen LogP contribution in [0.25, 0.3) is 0 Å². The number of aromatic hydroxyl groups is 2. The lowest BCUT2D eigenvalue weighted by Gasteiger charge is -2.18. The standard InChI is InChI=1S/C21H32O3/c1-6-7-8-9-16-12-20(23)18(13-19(22)15(4)5)21(24)17(16)11-10-14(2)3/h10,12,19,22-24H,4,6-9,11,13H2,1-3,5H3/t19-/m1/s1. The Morgan fingerprint density at radius 3 is 2.38 bits per heavy atom. The second kappa shape index (κ2) is 9.53. The first-order chi connectivity index (χ1) is 11.3. The van der Waals surface area contributed by atoms with E-state index in [1.807, 2.05) is 13.8 Å². The molecule has 0 bridgehead atoms. The van der Waals surface area contributed by atoms with Crippen LogP contribution in [0.15, 0.2) is 29.9 Å². The molecule has 1 aromatic carbocycles. The summed E-state index contributed by atoms with van der Waals surface area (Å²) >= 11 is 0. The Morgan fingerprint density at radius 2 is 1.83 bits per heavy atom. The summed E-state index contributed by atoms with van der Waals surface area (Å²) < 4.78 is 0. The van der Waals surface area contributed by atoms with Gasteiger partial charge in [-0.2, -0.15) is 0 Å². The van der Waals surface area contributed by atoms with Crippen molar-refractivity contribution in [2.75, 3.05) is 0 Å². The number of phenols is 2. The number of rotatable bonds is 9. The summed E-state index contributed by atoms with van der Waals surface area (Å²) in [4.78, 5) is 0. The van der Waals surface area contributed by atoms with Gasteiger partial charge in [-0.1, -0.05) is 43.6 Å². The summed E-state index contributed by atoms with van der Waals surface area (Å²) in [6, 6.07) is 1.75. The number of hydrogen-bond acceptors (Lipinski definition) is 3. The third kappa shape index (κ3) is 5.72. The van der Waals surface area contributed by atoms with E-state index in [2.05, 4.69) is 19.6 Å². The molecule has 3 heteroatoms. The van der Waals surface area contributed by atoms with Crippen molar-refractivity contribution in [3.8, 4) is 11.5 Å². The summed E-state index contributed by atoms with van der Waals surface area (Å²) in [5.41, 5.74) is 4.05. The fraction of sp³-hybridized carbons (Fsp3) is 0.524. The highest BCUT2D eigenvalue weighted by Crippen LogP contribution is 2.36. The van der Waals surface area contributed by atoms with E-state index in [9.17, 15) is 15.3 Å². The minimum atomic E-state index is -0.774. The van der Waals surface area contributed by atoms with E-state index in [0.29, 0.717) is 17.6 Å². The maximum absolute atomic E-state index is 10.7. The Balaban J connectivity index is 3.25. The molecule has 0 radical (unpaired) electrons. The first kappa shape index (κ1) is 20.3. The average Bonchev–Trinajstić information content (AvgIpc) is 2.50. The molecule has 0 aliphatic carbocycles. The molecule has 3 nitrogen and oxygen atoms in total. The highest BCUT2D eigenvalue weighted by Gasteiger charge is 2.19. The predicted octanol–water partition coefficient (Wildman–Crippen LogP) is 4.82. The second-order valence-electron chi connectivity index (χ2n) is 6.87. The summed E-state index contributed by atoms with van der Waals surface area (Å²) in [7, 11) is 0. The first-order valence-electron chi connectivity index (χ1n) is 8.80. The van der Waals surface area contributed by atoms with Gasteiger partial charge in [0.25, 0.3) is 0 Å². The lowest BCUT2D eigenvalue weighted by molar-refractivity contribution is 0.209. The number of aliphatic hydroxyl groups is 1. The molecular weight excluding hydrogens is 300 g/mol. The Kier molecular flexibility index (Phi) is 8.06. The number of aliphatic hydroxyl groups excluding tert-OH is 1. The fourth-order valence-electron chi connectivity index (χ4n) is 2.69. The van der Waals surface area contributed by atoms with Crippen LogP contribution in [-0.4, -0.2) is 21.4 Å². The molecule has 0 saturated carbocycles. The van der Waals surface area contributed by atoms with Crippen LogP contribution in [0.3, 0.4) is 0 Å². The SMILES string of the molecule is C=C(C)[C@H](O)Cc1c(O)cc(CCCCC)c(CC=C(C)C)c1O. The van der Waals surface area contributed by atoms with Gasteiger partial charge in [-0.05, 0) is 51.7 Å². The highest BCUT2D eigenvalue weighted by atomic mass is 16.3. The lowest BCUT2D eigenvalue weighted by atomic mass is 9.91. The van der Waals surface area contributed by atoms with Crippen molar-refractivity contribution in [1.82, 2.24) is 0 Å². The molecule has 0 aliphatic rings. The van der Waals surface area contributed by atoms with Crippen LogP contribution in [0.5, 0.6) is 11.5 Å². The minimum Gasteiger partial charge on any atom is -0.508 e. The maximum atomic E-state index is 10.7. The molecule has 1 atom stereocenters. The summed E-state index contributed by atoms with van der Waals surface area (Å²) in [6.07, 6.45) is 6.23. The third-order valence-electron chi connectivity index (χ3n) is 4.31. The Morgan fingerprint density at radius 1 is 1.17 bits per heavy atom. The Bertz CT molecular complexity index is 596. The second-order valence-corrected chi connectivity index (χ2v) is 6.87. The Labute approximate surface area is 146 Å². The van der Waals surface area contributed by atoms with Crippen molar-refractivity contribution < 1.29 is 15.3 Å². The van der Waals surface area contributed by atoms with Gasteiger partial charge in [0.15, 0.2) is 0 Å². The summed E-state index contributed by atoms with van der Waals surface area (Å²) in [5.74, 6) is 0.166. The molecule has 134 valence electrons. The Hall–Kier alpha value is -1.74. The van der Waals surface area contributed by atoms with Crippen LogP contribution in [0.4, 0.5) is 0 Å². The molecule has 0 aliphatic heterocycles. The quantitative estimate of drug-likeness (QED) is 0.449. The van der Waals surface area contributed by atoms with Crippen LogP contribution in [0.2, 0.25) is 0 Å². The van der Waals surface area contributed by atoms with Gasteiger partial charge in [0.2, 0.25) is 0 Å². The van der Waals surface area contributed by atoms with E-state index < -0.39 is 6.10 Å². The number of phenolic OH excluding ortho intramolecular Hbond substituents is 2. The van der Waals surface area contributed by atoms with Crippen LogP contribution >= 0.6 is 0 Å². The monoisotopic (exact) mass is 332 g/mol. The van der Waals surface area contributed by atoms with E-state index in [-0.39, 0.29) is 17.9 Å². The summed E-state index contributed by atoms with van der Waals surface area (Å²) in [5, 5.41) is 31.1. The molecule has 1 rings (SSSR count). The third-order valence-corrected chi connectivity index (χ3v) is 4.31. The van der Waals surface area contributed by atoms with Crippen molar-refractivity contribution in [3.63, 3.8) is 0 Å². The van der Waals surface area contributed by atoms with Crippen LogP contribution in [-0.2, 0) is 19.3 Å². The molecule has 0 amide bonds. The van der Waals surface area contributed by atoms with E-state index in [1.54, 1.807) is 13.0 Å². The normalized spacial score (nSPS) is 12.0. The maximum Gasteiger partial charge on any atom is 0.126 e. The molecule has 0 aromatic heterocycles. The molecule has 0 spiro atoms. The topological polar surface area (TPSA) is 60.7 Å². The highest BCUT2D eigenvalue weighted by molar-refractivity contribution is 5.54. The largest absolute Gasteiger partial charge is 0.508 e. The number of benzene rings is 1. The van der Waals surface area contributed by atoms with Gasteiger partial charge < -0.3 is 15.3 Å². The zero-order valence-corrected chi connectivity index (χ0v) is 15.5. The number of unbranched alkanes of at least 4 members (excludes halogenated alkanes) is 2. The fourth-order valence-corrected chi connectivity index (χ4v) is 2.69. The molecule has 24 heavy (non-hydrogen) atoms. The van der Waals surface area contributed by atoms with Crippen LogP contribution < -0.4 is 0 Å². The number of hydrogen-bond donors (Lipinski definition) is 3. The van der Waals surface area contributed by atoms with E-state index >= 15 is 0 Å². The molecule has 0 heterocycles. The van der Waals surface area contributed by atoms with Crippen LogP contribution in [0, 0.1) is 0 Å². The van der Waals surface area contributed by atoms with Crippen molar-refractivity contribution in [1.29, 1.82) is 0 Å². The van der Waals surface area contributed by atoms with Crippen molar-refractivity contribution >= 4 is 0 Å².